The molecule has 5 heteroatoms. The van der Waals surface area contributed by atoms with E-state index in [1.165, 1.54) is 0 Å². The van der Waals surface area contributed by atoms with Crippen molar-refractivity contribution in [3.63, 3.8) is 0 Å². The van der Waals surface area contributed by atoms with Crippen molar-refractivity contribution < 1.29 is 24.2 Å². The van der Waals surface area contributed by atoms with Gasteiger partial charge in [0.15, 0.2) is 0 Å². The van der Waals surface area contributed by atoms with Crippen LogP contribution in [0.4, 0.5) is 0 Å². The van der Waals surface area contributed by atoms with Crippen LogP contribution in [0.25, 0.3) is 0 Å². The monoisotopic (exact) mass is 334 g/mol. The number of para-hydroxylation sites is 1. The van der Waals surface area contributed by atoms with Crippen molar-refractivity contribution in [2.45, 2.75) is 45.4 Å². The second-order valence-electron chi connectivity index (χ2n) is 5.69. The van der Waals surface area contributed by atoms with Crippen LogP contribution in [-0.2, 0) is 9.53 Å². The molecule has 1 N–H and O–H groups in total. The zero-order valence-corrected chi connectivity index (χ0v) is 14.3. The lowest BCUT2D eigenvalue weighted by atomic mass is 10.1. The van der Waals surface area contributed by atoms with E-state index in [0.717, 1.165) is 38.5 Å². The van der Waals surface area contributed by atoms with Crippen molar-refractivity contribution in [1.82, 2.24) is 0 Å². The van der Waals surface area contributed by atoms with Crippen LogP contribution in [0.5, 0.6) is 5.75 Å². The van der Waals surface area contributed by atoms with Gasteiger partial charge < -0.3 is 14.6 Å². The molecule has 1 rings (SSSR count). The van der Waals surface area contributed by atoms with Gasteiger partial charge in [-0.15, -0.1) is 0 Å². The van der Waals surface area contributed by atoms with Crippen LogP contribution in [0.1, 0.15) is 55.8 Å². The van der Waals surface area contributed by atoms with Crippen molar-refractivity contribution in [2.24, 2.45) is 0 Å². The molecule has 0 heterocycles. The number of aromatic carboxylic acids is 1. The van der Waals surface area contributed by atoms with Crippen molar-refractivity contribution in [1.29, 1.82) is 0 Å². The van der Waals surface area contributed by atoms with E-state index >= 15 is 0 Å². The van der Waals surface area contributed by atoms with Crippen molar-refractivity contribution in [3.05, 3.63) is 42.0 Å². The van der Waals surface area contributed by atoms with E-state index < -0.39 is 5.97 Å². The zero-order valence-electron chi connectivity index (χ0n) is 14.3. The highest BCUT2D eigenvalue weighted by atomic mass is 16.5. The minimum Gasteiger partial charge on any atom is -0.493 e. The first-order chi connectivity index (χ1) is 11.5. The Morgan fingerprint density at radius 1 is 1.00 bits per heavy atom. The summed E-state index contributed by atoms with van der Waals surface area (Å²) in [5.41, 5.74) is 0.626. The van der Waals surface area contributed by atoms with Crippen LogP contribution in [-0.4, -0.2) is 30.3 Å². The molecule has 0 unspecified atom stereocenters. The fourth-order valence-electron chi connectivity index (χ4n) is 2.15. The number of carbonyl (C=O) groups excluding carboxylic acids is 1. The third kappa shape index (κ3) is 7.81. The molecule has 1 aromatic rings. The number of hydrogen-bond donors (Lipinski definition) is 1. The quantitative estimate of drug-likeness (QED) is 0.352. The first kappa shape index (κ1) is 19.7. The minimum absolute atomic E-state index is 0.196. The Kier molecular flexibility index (Phi) is 9.27. The van der Waals surface area contributed by atoms with E-state index in [-0.39, 0.29) is 11.5 Å². The third-order valence-electron chi connectivity index (χ3n) is 3.50. The maximum atomic E-state index is 11.2. The van der Waals surface area contributed by atoms with Crippen LogP contribution in [0.2, 0.25) is 0 Å². The summed E-state index contributed by atoms with van der Waals surface area (Å²) < 4.78 is 10.6. The van der Waals surface area contributed by atoms with Gasteiger partial charge in [-0.25, -0.2) is 9.59 Å². The Hall–Kier alpha value is -2.30. The van der Waals surface area contributed by atoms with Gasteiger partial charge in [0.1, 0.15) is 11.3 Å². The zero-order chi connectivity index (χ0) is 17.8. The molecule has 0 radical (unpaired) electrons. The van der Waals surface area contributed by atoms with Crippen LogP contribution >= 0.6 is 0 Å². The Bertz CT molecular complexity index is 550. The largest absolute Gasteiger partial charge is 0.493 e. The number of carbonyl (C=O) groups is 2. The molecule has 5 nitrogen and oxygen atoms in total. The average molecular weight is 334 g/mol. The molecule has 0 fully saturated rings. The number of unbranched alkanes of at least 4 members (excludes halogenated alkanes) is 5. The average Bonchev–Trinajstić information content (AvgIpc) is 2.56. The number of ether oxygens (including phenoxy) is 2. The molecule has 0 aromatic heterocycles. The van der Waals surface area contributed by atoms with E-state index in [1.807, 2.05) is 0 Å². The van der Waals surface area contributed by atoms with Crippen LogP contribution < -0.4 is 4.74 Å². The van der Waals surface area contributed by atoms with E-state index in [0.29, 0.717) is 24.5 Å². The molecular formula is C19H26O5. The molecule has 0 spiro atoms. The maximum absolute atomic E-state index is 11.2. The van der Waals surface area contributed by atoms with Gasteiger partial charge in [-0.2, -0.15) is 0 Å². The normalized spacial score (nSPS) is 10.2. The Balaban J connectivity index is 2.02. The molecule has 24 heavy (non-hydrogen) atoms. The smallest absolute Gasteiger partial charge is 0.339 e. The van der Waals surface area contributed by atoms with Gasteiger partial charge in [0.25, 0.3) is 0 Å². The summed E-state index contributed by atoms with van der Waals surface area (Å²) in [6.07, 6.45) is 5.96. The molecule has 0 aliphatic heterocycles. The van der Waals surface area contributed by atoms with Crippen molar-refractivity contribution in [3.8, 4) is 5.75 Å². The fraction of sp³-hybridized carbons (Fsp3) is 0.474. The Morgan fingerprint density at radius 2 is 1.58 bits per heavy atom. The van der Waals surface area contributed by atoms with Gasteiger partial charge >= 0.3 is 11.9 Å². The highest BCUT2D eigenvalue weighted by molar-refractivity contribution is 5.90. The highest BCUT2D eigenvalue weighted by Gasteiger charge is 2.09. The van der Waals surface area contributed by atoms with Crippen LogP contribution in [0.3, 0.4) is 0 Å². The fourth-order valence-corrected chi connectivity index (χ4v) is 2.15. The minimum atomic E-state index is -0.974. The number of carboxylic acid groups (broad SMARTS) is 1. The van der Waals surface area contributed by atoms with E-state index in [4.69, 9.17) is 14.6 Å². The van der Waals surface area contributed by atoms with Crippen LogP contribution in [0.15, 0.2) is 36.4 Å². The lowest BCUT2D eigenvalue weighted by molar-refractivity contribution is -0.139. The predicted octanol–water partition coefficient (Wildman–Crippen LogP) is 4.22. The molecule has 0 aliphatic rings. The van der Waals surface area contributed by atoms with Gasteiger partial charge in [-0.05, 0) is 31.9 Å². The van der Waals surface area contributed by atoms with Gasteiger partial charge in [-0.3, -0.25) is 0 Å². The van der Waals surface area contributed by atoms with Gasteiger partial charge in [0.2, 0.25) is 0 Å². The van der Waals surface area contributed by atoms with E-state index in [2.05, 4.69) is 6.58 Å². The SMILES string of the molecule is C=C(C)C(=O)OCCCCCCCCOc1ccccc1C(=O)O. The standard InChI is InChI=1S/C19H26O5/c1-15(2)19(22)24-14-10-6-4-3-5-9-13-23-17-12-8-7-11-16(17)18(20)21/h7-8,11-12H,1,3-6,9-10,13-14H2,2H3,(H,20,21). The number of esters is 1. The van der Waals surface area contributed by atoms with Gasteiger partial charge in [0, 0.05) is 5.57 Å². The number of carboxylic acids is 1. The first-order valence-corrected chi connectivity index (χ1v) is 8.30. The highest BCUT2D eigenvalue weighted by Crippen LogP contribution is 2.18. The molecule has 0 bridgehead atoms. The van der Waals surface area contributed by atoms with E-state index in [1.54, 1.807) is 31.2 Å². The number of rotatable bonds is 12. The number of benzene rings is 1. The van der Waals surface area contributed by atoms with E-state index in [9.17, 15) is 9.59 Å². The third-order valence-corrected chi connectivity index (χ3v) is 3.50. The summed E-state index contributed by atoms with van der Waals surface area (Å²) >= 11 is 0. The van der Waals surface area contributed by atoms with Crippen molar-refractivity contribution >= 4 is 11.9 Å². The Labute approximate surface area is 143 Å². The Morgan fingerprint density at radius 3 is 2.21 bits per heavy atom. The molecule has 0 atom stereocenters. The second-order valence-corrected chi connectivity index (χ2v) is 5.69. The topological polar surface area (TPSA) is 72.8 Å². The summed E-state index contributed by atoms with van der Waals surface area (Å²) in [7, 11) is 0. The second kappa shape index (κ2) is 11.3. The van der Waals surface area contributed by atoms with Gasteiger partial charge in [0.05, 0.1) is 13.2 Å². The first-order valence-electron chi connectivity index (χ1n) is 8.30. The molecule has 0 aliphatic carbocycles. The maximum Gasteiger partial charge on any atom is 0.339 e. The van der Waals surface area contributed by atoms with Gasteiger partial charge in [-0.1, -0.05) is 44.4 Å². The summed E-state index contributed by atoms with van der Waals surface area (Å²) in [6, 6.07) is 6.67. The summed E-state index contributed by atoms with van der Waals surface area (Å²) in [5.74, 6) is -0.879. The lowest BCUT2D eigenvalue weighted by Gasteiger charge is -2.08. The summed E-state index contributed by atoms with van der Waals surface area (Å²) in [4.78, 5) is 22.2. The lowest BCUT2D eigenvalue weighted by Crippen LogP contribution is -2.06. The summed E-state index contributed by atoms with van der Waals surface area (Å²) in [6.45, 7) is 6.13. The molecular weight excluding hydrogens is 308 g/mol. The summed E-state index contributed by atoms with van der Waals surface area (Å²) in [5, 5.41) is 9.06. The molecule has 132 valence electrons. The predicted molar refractivity (Wildman–Crippen MR) is 92.4 cm³/mol. The number of hydrogen-bond acceptors (Lipinski definition) is 4. The van der Waals surface area contributed by atoms with Crippen molar-refractivity contribution in [2.75, 3.05) is 13.2 Å². The molecule has 0 saturated carbocycles. The molecule has 0 amide bonds. The molecule has 1 aromatic carbocycles. The molecule has 0 saturated heterocycles. The van der Waals surface area contributed by atoms with Crippen LogP contribution in [0, 0.1) is 0 Å².